The van der Waals surface area contributed by atoms with Gasteiger partial charge in [-0.05, 0) is 56.4 Å². The van der Waals surface area contributed by atoms with Crippen molar-refractivity contribution in [2.24, 2.45) is 17.3 Å². The normalized spacial score (nSPS) is 53.2. The minimum atomic E-state index is -0.0345. The fourth-order valence-corrected chi connectivity index (χ4v) is 5.01. The van der Waals surface area contributed by atoms with Gasteiger partial charge < -0.3 is 14.6 Å². The topological polar surface area (TPSA) is 30.5 Å². The van der Waals surface area contributed by atoms with Crippen molar-refractivity contribution in [2.75, 3.05) is 6.54 Å². The van der Waals surface area contributed by atoms with E-state index < -0.39 is 0 Å². The highest BCUT2D eigenvalue weighted by Gasteiger charge is 2.68. The highest BCUT2D eigenvalue weighted by atomic mass is 16.7. The zero-order chi connectivity index (χ0) is 12.5. The Kier molecular flexibility index (Phi) is 2.30. The summed E-state index contributed by atoms with van der Waals surface area (Å²) in [5.41, 5.74) is 0.416. The minimum Gasteiger partial charge on any atom is -0.404 e. The fourth-order valence-electron chi connectivity index (χ4n) is 5.01. The van der Waals surface area contributed by atoms with E-state index in [0.717, 1.165) is 12.5 Å². The zero-order valence-corrected chi connectivity index (χ0v) is 11.7. The Morgan fingerprint density at radius 1 is 1.22 bits per heavy atom. The van der Waals surface area contributed by atoms with Gasteiger partial charge in [-0.2, -0.15) is 0 Å². The molecule has 0 aromatic carbocycles. The molecule has 2 bridgehead atoms. The van der Waals surface area contributed by atoms with Crippen molar-refractivity contribution in [3.8, 4) is 0 Å². The van der Waals surface area contributed by atoms with Crippen molar-refractivity contribution >= 4 is 7.12 Å². The van der Waals surface area contributed by atoms with Crippen LogP contribution in [0.4, 0.5) is 0 Å². The summed E-state index contributed by atoms with van der Waals surface area (Å²) in [7, 11) is -0.00218. The quantitative estimate of drug-likeness (QED) is 0.721. The first-order valence-corrected chi connectivity index (χ1v) is 7.58. The molecule has 0 aromatic rings. The number of hydrogen-bond acceptors (Lipinski definition) is 3. The summed E-state index contributed by atoms with van der Waals surface area (Å²) in [6.07, 6.45) is 5.33. The standard InChI is InChI=1S/C14H24BNO2/c1-13(2)9-7-10(13)14(3)11(8-9)17-15(18-14)12-5-4-6-16-12/h9-12,16H,4-8H2,1-3H3/t9-,10-,11?,12+,14-/m1/s1. The Bertz CT molecular complexity index is 369. The van der Waals surface area contributed by atoms with Crippen molar-refractivity contribution in [1.82, 2.24) is 5.32 Å². The van der Waals surface area contributed by atoms with Crippen LogP contribution < -0.4 is 5.32 Å². The Hall–Kier alpha value is -0.0551. The van der Waals surface area contributed by atoms with Gasteiger partial charge in [0.05, 0.1) is 11.7 Å². The van der Waals surface area contributed by atoms with Gasteiger partial charge in [0.25, 0.3) is 0 Å². The van der Waals surface area contributed by atoms with Gasteiger partial charge >= 0.3 is 7.12 Å². The van der Waals surface area contributed by atoms with E-state index in [0.29, 0.717) is 23.4 Å². The Morgan fingerprint density at radius 2 is 2.06 bits per heavy atom. The van der Waals surface area contributed by atoms with Gasteiger partial charge in [0.1, 0.15) is 0 Å². The highest BCUT2D eigenvalue weighted by molar-refractivity contribution is 6.47. The van der Waals surface area contributed by atoms with E-state index >= 15 is 0 Å². The van der Waals surface area contributed by atoms with Gasteiger partial charge in [0, 0.05) is 5.94 Å². The molecule has 3 aliphatic carbocycles. The van der Waals surface area contributed by atoms with Crippen LogP contribution in [-0.2, 0) is 9.31 Å². The molecule has 0 amide bonds. The van der Waals surface area contributed by atoms with Crippen molar-refractivity contribution in [3.63, 3.8) is 0 Å². The van der Waals surface area contributed by atoms with Crippen LogP contribution in [0.3, 0.4) is 0 Å². The molecule has 0 spiro atoms. The van der Waals surface area contributed by atoms with Crippen LogP contribution in [0.25, 0.3) is 0 Å². The lowest BCUT2D eigenvalue weighted by molar-refractivity contribution is -0.199. The average molecular weight is 249 g/mol. The number of hydrogen-bond donors (Lipinski definition) is 1. The molecule has 18 heavy (non-hydrogen) atoms. The van der Waals surface area contributed by atoms with E-state index in [4.69, 9.17) is 9.31 Å². The van der Waals surface area contributed by atoms with Crippen molar-refractivity contribution in [1.29, 1.82) is 0 Å². The van der Waals surface area contributed by atoms with E-state index in [1.807, 2.05) is 0 Å². The number of rotatable bonds is 1. The summed E-state index contributed by atoms with van der Waals surface area (Å²) in [4.78, 5) is 0. The van der Waals surface area contributed by atoms with Crippen LogP contribution >= 0.6 is 0 Å². The molecular weight excluding hydrogens is 225 g/mol. The molecule has 0 radical (unpaired) electrons. The molecule has 2 aliphatic heterocycles. The van der Waals surface area contributed by atoms with Crippen LogP contribution in [-0.4, -0.2) is 31.3 Å². The Morgan fingerprint density at radius 3 is 2.72 bits per heavy atom. The molecule has 3 saturated carbocycles. The van der Waals surface area contributed by atoms with Crippen molar-refractivity contribution < 1.29 is 9.31 Å². The predicted octanol–water partition coefficient (Wildman–Crippen LogP) is 2.01. The first-order valence-electron chi connectivity index (χ1n) is 7.58. The molecule has 5 rings (SSSR count). The van der Waals surface area contributed by atoms with Gasteiger partial charge in [-0.15, -0.1) is 0 Å². The molecular formula is C14H24BNO2. The molecule has 2 heterocycles. The maximum Gasteiger partial charge on any atom is 0.475 e. The Labute approximate surface area is 110 Å². The summed E-state index contributed by atoms with van der Waals surface area (Å²) >= 11 is 0. The number of nitrogens with one attached hydrogen (secondary N) is 1. The second-order valence-electron chi connectivity index (χ2n) is 7.54. The van der Waals surface area contributed by atoms with Gasteiger partial charge in [-0.3, -0.25) is 0 Å². The van der Waals surface area contributed by atoms with E-state index in [-0.39, 0.29) is 12.7 Å². The Balaban J connectivity index is 1.57. The van der Waals surface area contributed by atoms with E-state index in [1.165, 1.54) is 25.7 Å². The second-order valence-corrected chi connectivity index (χ2v) is 7.54. The maximum atomic E-state index is 6.44. The van der Waals surface area contributed by atoms with Gasteiger partial charge in [-0.25, -0.2) is 0 Å². The molecule has 1 unspecified atom stereocenters. The van der Waals surface area contributed by atoms with Gasteiger partial charge in [0.2, 0.25) is 0 Å². The summed E-state index contributed by atoms with van der Waals surface area (Å²) in [5, 5.41) is 3.52. The summed E-state index contributed by atoms with van der Waals surface area (Å²) < 4.78 is 12.7. The van der Waals surface area contributed by atoms with E-state index in [1.54, 1.807) is 0 Å². The lowest BCUT2D eigenvalue weighted by Gasteiger charge is -2.64. The van der Waals surface area contributed by atoms with Crippen LogP contribution in [0.2, 0.25) is 0 Å². The van der Waals surface area contributed by atoms with Crippen LogP contribution in [0.1, 0.15) is 46.5 Å². The van der Waals surface area contributed by atoms with E-state index in [9.17, 15) is 0 Å². The van der Waals surface area contributed by atoms with Crippen LogP contribution in [0, 0.1) is 17.3 Å². The lowest BCUT2D eigenvalue weighted by atomic mass is 9.43. The smallest absolute Gasteiger partial charge is 0.404 e. The third-order valence-electron chi connectivity index (χ3n) is 6.40. The predicted molar refractivity (Wildman–Crippen MR) is 71.1 cm³/mol. The summed E-state index contributed by atoms with van der Waals surface area (Å²) in [5.74, 6) is 1.95. The van der Waals surface area contributed by atoms with Crippen LogP contribution in [0.5, 0.6) is 0 Å². The third kappa shape index (κ3) is 1.32. The van der Waals surface area contributed by atoms with Crippen molar-refractivity contribution in [3.05, 3.63) is 0 Å². The van der Waals surface area contributed by atoms with Crippen molar-refractivity contribution in [2.45, 2.75) is 64.1 Å². The summed E-state index contributed by atoms with van der Waals surface area (Å²) in [6.45, 7) is 8.25. The fraction of sp³-hybridized carbons (Fsp3) is 1.00. The molecule has 3 nitrogen and oxygen atoms in total. The zero-order valence-electron chi connectivity index (χ0n) is 11.7. The SMILES string of the molecule is CC1(C)[C@H]2CC3OB([C@@H]4CCCN4)O[C@]3(C)[C@@H]1C2. The molecule has 1 N–H and O–H groups in total. The molecule has 100 valence electrons. The monoisotopic (exact) mass is 249 g/mol. The highest BCUT2D eigenvalue weighted by Crippen LogP contribution is 2.65. The average Bonchev–Trinajstić information content (AvgIpc) is 2.92. The second kappa shape index (κ2) is 3.53. The van der Waals surface area contributed by atoms with Gasteiger partial charge in [0.15, 0.2) is 0 Å². The largest absolute Gasteiger partial charge is 0.475 e. The first kappa shape index (κ1) is 11.7. The maximum absolute atomic E-state index is 6.44. The minimum absolute atomic E-state index is 0.00218. The van der Waals surface area contributed by atoms with E-state index in [2.05, 4.69) is 26.1 Å². The molecule has 5 aliphatic rings. The van der Waals surface area contributed by atoms with Crippen LogP contribution in [0.15, 0.2) is 0 Å². The third-order valence-corrected chi connectivity index (χ3v) is 6.40. The summed E-state index contributed by atoms with van der Waals surface area (Å²) in [6, 6.07) is 0. The molecule has 2 saturated heterocycles. The van der Waals surface area contributed by atoms with Gasteiger partial charge in [-0.1, -0.05) is 13.8 Å². The first-order chi connectivity index (χ1) is 8.52. The lowest BCUT2D eigenvalue weighted by Crippen LogP contribution is -2.65. The molecule has 0 aromatic heterocycles. The molecule has 5 fully saturated rings. The molecule has 5 atom stereocenters. The molecule has 4 heteroatoms.